The molecule has 0 N–H and O–H groups in total. The lowest BCUT2D eigenvalue weighted by molar-refractivity contribution is -0.122. The fourth-order valence-electron chi connectivity index (χ4n) is 2.76. The Balaban J connectivity index is 0.000000396. The zero-order chi connectivity index (χ0) is 21.8. The van der Waals surface area contributed by atoms with Crippen molar-refractivity contribution in [3.63, 3.8) is 0 Å². The number of hydrogen-bond donors (Lipinski definition) is 0. The number of carbonyl (C=O) groups is 4. The second kappa shape index (κ2) is 13.0. The van der Waals surface area contributed by atoms with Gasteiger partial charge in [0.15, 0.2) is 0 Å². The summed E-state index contributed by atoms with van der Waals surface area (Å²) in [7, 11) is 1.50. The van der Waals surface area contributed by atoms with E-state index in [1.54, 1.807) is 37.7 Å². The van der Waals surface area contributed by atoms with Crippen LogP contribution in [0.3, 0.4) is 0 Å². The van der Waals surface area contributed by atoms with E-state index in [1.807, 2.05) is 18.4 Å². The summed E-state index contributed by atoms with van der Waals surface area (Å²) in [6.45, 7) is 3.37. The number of benzene rings is 1. The smallest absolute Gasteiger partial charge is 0.265 e. The van der Waals surface area contributed by atoms with Crippen molar-refractivity contribution in [2.24, 2.45) is 16.1 Å². The highest BCUT2D eigenvalue weighted by atomic mass is 32.2. The normalized spacial score (nSPS) is 16.1. The number of imide groups is 1. The number of amides is 3. The van der Waals surface area contributed by atoms with Crippen LogP contribution >= 0.6 is 11.8 Å². The van der Waals surface area contributed by atoms with Crippen molar-refractivity contribution < 1.29 is 19.2 Å². The molecule has 0 aromatic heterocycles. The van der Waals surface area contributed by atoms with E-state index in [0.29, 0.717) is 24.9 Å². The van der Waals surface area contributed by atoms with Gasteiger partial charge >= 0.3 is 0 Å². The maximum atomic E-state index is 11.9. The molecule has 1 unspecified atom stereocenters. The second-order valence-electron chi connectivity index (χ2n) is 6.83. The minimum atomic E-state index is -0.224. The molecule has 0 radical (unpaired) electrons. The van der Waals surface area contributed by atoms with Gasteiger partial charge in [0.2, 0.25) is 11.8 Å². The van der Waals surface area contributed by atoms with Gasteiger partial charge in [0, 0.05) is 38.0 Å². The maximum absolute atomic E-state index is 11.9. The number of ketones is 1. The largest absolute Gasteiger partial charge is 0.300 e. The van der Waals surface area contributed by atoms with Crippen LogP contribution < -0.4 is 4.90 Å². The minimum absolute atomic E-state index is 0.126. The van der Waals surface area contributed by atoms with Crippen LogP contribution in [0.25, 0.3) is 0 Å². The van der Waals surface area contributed by atoms with Gasteiger partial charge in [0.25, 0.3) is 5.91 Å². The Hall–Kier alpha value is -2.35. The highest BCUT2D eigenvalue weighted by Crippen LogP contribution is 2.26. The standard InChI is InChI=1S/C16H19NO3.C5H10N2OS/c1-11-10-15(19)17(16(11)20)14-8-6-13(7-9-14)5-3-4-12(2)18;1-6-7-5(8)3-4-9-2/h6-9,11H,3-5,10H2,1-2H3;3-4H2,1-2H3. The van der Waals surface area contributed by atoms with E-state index >= 15 is 0 Å². The Kier molecular flexibility index (Phi) is 11.1. The number of Topliss-reactive ketones (excluding diaryl/α,β-unsaturated/α-hetero) is 1. The molecule has 1 atom stereocenters. The molecule has 29 heavy (non-hydrogen) atoms. The predicted octanol–water partition coefficient (Wildman–Crippen LogP) is 3.85. The summed E-state index contributed by atoms with van der Waals surface area (Å²) in [4.78, 5) is 46.4. The van der Waals surface area contributed by atoms with Crippen molar-refractivity contribution in [3.05, 3.63) is 29.8 Å². The fraction of sp³-hybridized carbons (Fsp3) is 0.524. The summed E-state index contributed by atoms with van der Waals surface area (Å²) in [5.74, 6) is 0.414. The van der Waals surface area contributed by atoms with Crippen molar-refractivity contribution in [1.29, 1.82) is 0 Å². The van der Waals surface area contributed by atoms with Gasteiger partial charge in [0.1, 0.15) is 5.78 Å². The van der Waals surface area contributed by atoms with E-state index in [4.69, 9.17) is 0 Å². The lowest BCUT2D eigenvalue weighted by Crippen LogP contribution is -2.29. The molecular weight excluding hydrogens is 390 g/mol. The van der Waals surface area contributed by atoms with E-state index in [2.05, 4.69) is 10.2 Å². The Bertz CT molecular complexity index is 747. The molecule has 1 fully saturated rings. The third kappa shape index (κ3) is 8.68. The van der Waals surface area contributed by atoms with Crippen LogP contribution in [0.4, 0.5) is 5.69 Å². The van der Waals surface area contributed by atoms with E-state index in [1.165, 1.54) is 11.9 Å². The molecule has 7 nitrogen and oxygen atoms in total. The van der Waals surface area contributed by atoms with Crippen LogP contribution in [0, 0.1) is 5.92 Å². The molecular formula is C21H29N3O4S. The summed E-state index contributed by atoms with van der Waals surface area (Å²) < 4.78 is 0. The zero-order valence-electron chi connectivity index (χ0n) is 17.5. The third-order valence-corrected chi connectivity index (χ3v) is 4.90. The van der Waals surface area contributed by atoms with Crippen LogP contribution in [0.2, 0.25) is 0 Å². The minimum Gasteiger partial charge on any atom is -0.300 e. The van der Waals surface area contributed by atoms with Gasteiger partial charge in [-0.15, -0.1) is 5.11 Å². The molecule has 3 amide bonds. The van der Waals surface area contributed by atoms with E-state index in [0.717, 1.165) is 24.2 Å². The van der Waals surface area contributed by atoms with Gasteiger partial charge in [-0.1, -0.05) is 19.1 Å². The second-order valence-corrected chi connectivity index (χ2v) is 7.82. The first-order valence-electron chi connectivity index (χ1n) is 9.56. The van der Waals surface area contributed by atoms with Crippen LogP contribution in [-0.2, 0) is 25.6 Å². The fourth-order valence-corrected chi connectivity index (χ4v) is 3.14. The first-order valence-corrected chi connectivity index (χ1v) is 11.0. The Labute approximate surface area is 176 Å². The average Bonchev–Trinajstić information content (AvgIpc) is 2.93. The molecule has 1 aliphatic heterocycles. The van der Waals surface area contributed by atoms with Crippen LogP contribution in [0.15, 0.2) is 34.5 Å². The molecule has 158 valence electrons. The number of anilines is 1. The van der Waals surface area contributed by atoms with Gasteiger partial charge < -0.3 is 4.79 Å². The lowest BCUT2D eigenvalue weighted by Gasteiger charge is -2.14. The van der Waals surface area contributed by atoms with Gasteiger partial charge in [-0.25, -0.2) is 0 Å². The molecule has 0 aliphatic carbocycles. The van der Waals surface area contributed by atoms with Crippen molar-refractivity contribution in [2.75, 3.05) is 24.0 Å². The summed E-state index contributed by atoms with van der Waals surface area (Å²) in [6.07, 6.45) is 4.99. The Morgan fingerprint density at radius 1 is 1.17 bits per heavy atom. The lowest BCUT2D eigenvalue weighted by atomic mass is 10.1. The number of rotatable bonds is 8. The zero-order valence-corrected chi connectivity index (χ0v) is 18.3. The van der Waals surface area contributed by atoms with Gasteiger partial charge in [-0.2, -0.15) is 16.9 Å². The number of hydrogen-bond acceptors (Lipinski definition) is 6. The number of thioether (sulfide) groups is 1. The molecule has 1 aromatic carbocycles. The van der Waals surface area contributed by atoms with Crippen molar-refractivity contribution in [1.82, 2.24) is 0 Å². The molecule has 1 heterocycles. The van der Waals surface area contributed by atoms with Crippen LogP contribution in [0.5, 0.6) is 0 Å². The van der Waals surface area contributed by atoms with Crippen molar-refractivity contribution >= 4 is 41.0 Å². The highest BCUT2D eigenvalue weighted by Gasteiger charge is 2.36. The molecule has 1 aromatic rings. The first-order chi connectivity index (χ1) is 13.8. The highest BCUT2D eigenvalue weighted by molar-refractivity contribution is 7.98. The molecule has 0 spiro atoms. The first kappa shape index (κ1) is 24.7. The van der Waals surface area contributed by atoms with E-state index < -0.39 is 0 Å². The number of azo groups is 1. The van der Waals surface area contributed by atoms with Crippen molar-refractivity contribution in [3.8, 4) is 0 Å². The molecule has 8 heteroatoms. The van der Waals surface area contributed by atoms with E-state index in [9.17, 15) is 19.2 Å². The van der Waals surface area contributed by atoms with Gasteiger partial charge in [-0.3, -0.25) is 19.3 Å². The quantitative estimate of drug-likeness (QED) is 0.471. The number of nitrogens with zero attached hydrogens (tertiary/aromatic N) is 3. The van der Waals surface area contributed by atoms with Gasteiger partial charge in [0.05, 0.1) is 5.69 Å². The van der Waals surface area contributed by atoms with Crippen molar-refractivity contribution in [2.45, 2.75) is 46.0 Å². The maximum Gasteiger partial charge on any atom is 0.265 e. The number of aryl methyl sites for hydroxylation is 1. The Morgan fingerprint density at radius 3 is 2.31 bits per heavy atom. The Morgan fingerprint density at radius 2 is 1.83 bits per heavy atom. The SMILES string of the molecule is CC(=O)CCCc1ccc(N2C(=O)CC(C)C2=O)cc1.CN=NC(=O)CCSC. The predicted molar refractivity (Wildman–Crippen MR) is 115 cm³/mol. The summed E-state index contributed by atoms with van der Waals surface area (Å²) in [5.41, 5.74) is 1.75. The van der Waals surface area contributed by atoms with Gasteiger partial charge in [-0.05, 0) is 43.7 Å². The average molecular weight is 420 g/mol. The number of carbonyl (C=O) groups excluding carboxylic acids is 4. The molecule has 1 aliphatic rings. The molecule has 0 bridgehead atoms. The summed E-state index contributed by atoms with van der Waals surface area (Å²) in [5, 5.41) is 6.69. The van der Waals surface area contributed by atoms with Crippen LogP contribution in [-0.4, -0.2) is 42.6 Å². The summed E-state index contributed by atoms with van der Waals surface area (Å²) in [6, 6.07) is 7.44. The third-order valence-electron chi connectivity index (χ3n) is 4.29. The topological polar surface area (TPSA) is 96.2 Å². The summed E-state index contributed by atoms with van der Waals surface area (Å²) >= 11 is 1.63. The van der Waals surface area contributed by atoms with Crippen LogP contribution in [0.1, 0.15) is 45.1 Å². The molecule has 0 saturated carbocycles. The molecule has 2 rings (SSSR count). The molecule has 1 saturated heterocycles. The van der Waals surface area contributed by atoms with E-state index in [-0.39, 0.29) is 29.4 Å². The monoisotopic (exact) mass is 419 g/mol.